The maximum atomic E-state index is 13.3. The van der Waals surface area contributed by atoms with Crippen molar-refractivity contribution in [1.82, 2.24) is 0 Å². The Bertz CT molecular complexity index is 1150. The van der Waals surface area contributed by atoms with Crippen molar-refractivity contribution in [1.29, 1.82) is 0 Å². The summed E-state index contributed by atoms with van der Waals surface area (Å²) in [4.78, 5) is 14.9. The van der Waals surface area contributed by atoms with Gasteiger partial charge in [-0.15, -0.1) is 0 Å². The molecule has 0 aliphatic carbocycles. The molecule has 174 valence electrons. The van der Waals surface area contributed by atoms with Gasteiger partial charge in [0.15, 0.2) is 5.76 Å². The predicted octanol–water partition coefficient (Wildman–Crippen LogP) is 6.67. The Morgan fingerprint density at radius 1 is 1.00 bits per heavy atom. The fourth-order valence-electron chi connectivity index (χ4n) is 4.49. The predicted molar refractivity (Wildman–Crippen MR) is 123 cm³/mol. The first-order chi connectivity index (χ1) is 15.6. The lowest BCUT2D eigenvalue weighted by molar-refractivity contribution is -0.137. The number of hydrogen-bond donors (Lipinski definition) is 1. The summed E-state index contributed by atoms with van der Waals surface area (Å²) in [5.74, 6) is 0.120. The molecule has 0 radical (unpaired) electrons. The van der Waals surface area contributed by atoms with Crippen molar-refractivity contribution in [3.8, 4) is 0 Å². The number of nitrogens with one attached hydrogen (secondary N) is 1. The Morgan fingerprint density at radius 2 is 1.67 bits per heavy atom. The van der Waals surface area contributed by atoms with Crippen LogP contribution in [0.2, 0.25) is 0 Å². The van der Waals surface area contributed by atoms with Gasteiger partial charge in [-0.2, -0.15) is 13.2 Å². The third-order valence-corrected chi connectivity index (χ3v) is 6.10. The standard InChI is InChI=1S/C26H27F3N2O2/c1-16-12-17(2)21(18(3)13-16)15-20-7-9-24(33-20)25(32)30-22-14-19(26(27,28)29)6-8-23(22)31-10-4-5-11-31/h6-9,12-14H,4-5,10-11,15H2,1-3H3,(H,30,32). The molecule has 1 amide bonds. The molecule has 4 nitrogen and oxygen atoms in total. The third kappa shape index (κ3) is 5.07. The quantitative estimate of drug-likeness (QED) is 0.467. The van der Waals surface area contributed by atoms with Gasteiger partial charge in [0.1, 0.15) is 5.76 Å². The smallest absolute Gasteiger partial charge is 0.416 e. The number of nitrogens with zero attached hydrogens (tertiary/aromatic N) is 1. The zero-order valence-corrected chi connectivity index (χ0v) is 19.0. The van der Waals surface area contributed by atoms with Crippen molar-refractivity contribution in [2.24, 2.45) is 0 Å². The van der Waals surface area contributed by atoms with Gasteiger partial charge in [-0.1, -0.05) is 17.7 Å². The van der Waals surface area contributed by atoms with Crippen LogP contribution in [0.25, 0.3) is 0 Å². The summed E-state index contributed by atoms with van der Waals surface area (Å²) in [6.07, 6.45) is -2.03. The molecule has 7 heteroatoms. The molecule has 1 aromatic heterocycles. The molecule has 1 N–H and O–H groups in total. The Balaban J connectivity index is 1.57. The van der Waals surface area contributed by atoms with Crippen LogP contribution in [-0.4, -0.2) is 19.0 Å². The Labute approximate surface area is 191 Å². The summed E-state index contributed by atoms with van der Waals surface area (Å²) in [6.45, 7) is 7.62. The summed E-state index contributed by atoms with van der Waals surface area (Å²) >= 11 is 0. The first-order valence-electron chi connectivity index (χ1n) is 11.0. The Kier molecular flexibility index (Phi) is 6.23. The summed E-state index contributed by atoms with van der Waals surface area (Å²) in [6, 6.07) is 11.0. The Morgan fingerprint density at radius 3 is 2.30 bits per heavy atom. The van der Waals surface area contributed by atoms with E-state index in [2.05, 4.69) is 17.4 Å². The molecule has 0 bridgehead atoms. The van der Waals surface area contributed by atoms with E-state index in [1.165, 1.54) is 11.6 Å². The highest BCUT2D eigenvalue weighted by Gasteiger charge is 2.32. The number of carbonyl (C=O) groups is 1. The van der Waals surface area contributed by atoms with E-state index in [4.69, 9.17) is 4.42 Å². The number of carbonyl (C=O) groups excluding carboxylic acids is 1. The van der Waals surface area contributed by atoms with Crippen LogP contribution < -0.4 is 10.2 Å². The number of anilines is 2. The number of benzene rings is 2. The van der Waals surface area contributed by atoms with Gasteiger partial charge in [0.05, 0.1) is 16.9 Å². The van der Waals surface area contributed by atoms with E-state index in [0.29, 0.717) is 17.9 Å². The second-order valence-corrected chi connectivity index (χ2v) is 8.70. The molecule has 33 heavy (non-hydrogen) atoms. The normalized spacial score (nSPS) is 14.1. The minimum Gasteiger partial charge on any atom is -0.456 e. The van der Waals surface area contributed by atoms with Crippen molar-refractivity contribution in [2.45, 2.75) is 46.2 Å². The summed E-state index contributed by atoms with van der Waals surface area (Å²) in [5.41, 5.74) is 4.54. The van der Waals surface area contributed by atoms with Crippen LogP contribution in [0.15, 0.2) is 46.9 Å². The Hall–Kier alpha value is -3.22. The van der Waals surface area contributed by atoms with Crippen molar-refractivity contribution < 1.29 is 22.4 Å². The average molecular weight is 457 g/mol. The topological polar surface area (TPSA) is 45.5 Å². The zero-order valence-electron chi connectivity index (χ0n) is 19.0. The fourth-order valence-corrected chi connectivity index (χ4v) is 4.49. The van der Waals surface area contributed by atoms with Crippen LogP contribution in [0.4, 0.5) is 24.5 Å². The van der Waals surface area contributed by atoms with Gasteiger partial charge in [-0.3, -0.25) is 4.79 Å². The first kappa shape index (κ1) is 23.0. The molecule has 0 atom stereocenters. The van der Waals surface area contributed by atoms with Crippen molar-refractivity contribution in [3.05, 3.63) is 81.8 Å². The molecular weight excluding hydrogens is 429 g/mol. The minimum absolute atomic E-state index is 0.0669. The van der Waals surface area contributed by atoms with Crippen LogP contribution in [0.1, 0.15) is 57.0 Å². The number of furan rings is 1. The fraction of sp³-hybridized carbons (Fsp3) is 0.346. The molecule has 4 rings (SSSR count). The van der Waals surface area contributed by atoms with Crippen LogP contribution in [0, 0.1) is 20.8 Å². The van der Waals surface area contributed by atoms with Gasteiger partial charge in [0.25, 0.3) is 5.91 Å². The number of aryl methyl sites for hydroxylation is 3. The summed E-state index contributed by atoms with van der Waals surface area (Å²) < 4.78 is 45.7. The largest absolute Gasteiger partial charge is 0.456 e. The van der Waals surface area contributed by atoms with Gasteiger partial charge in [-0.05, 0) is 80.6 Å². The number of halogens is 3. The summed E-state index contributed by atoms with van der Waals surface area (Å²) in [7, 11) is 0. The lowest BCUT2D eigenvalue weighted by Gasteiger charge is -2.22. The van der Waals surface area contributed by atoms with Crippen molar-refractivity contribution in [3.63, 3.8) is 0 Å². The minimum atomic E-state index is -4.50. The van der Waals surface area contributed by atoms with E-state index < -0.39 is 17.6 Å². The van der Waals surface area contributed by atoms with Crippen LogP contribution in [0.5, 0.6) is 0 Å². The van der Waals surface area contributed by atoms with Gasteiger partial charge in [-0.25, -0.2) is 0 Å². The van der Waals surface area contributed by atoms with Crippen molar-refractivity contribution in [2.75, 3.05) is 23.3 Å². The lowest BCUT2D eigenvalue weighted by Crippen LogP contribution is -2.21. The SMILES string of the molecule is Cc1cc(C)c(Cc2ccc(C(=O)Nc3cc(C(F)(F)F)ccc3N3CCCC3)o2)c(C)c1. The molecular formula is C26H27F3N2O2. The van der Waals surface area contributed by atoms with E-state index in [-0.39, 0.29) is 11.4 Å². The second-order valence-electron chi connectivity index (χ2n) is 8.70. The third-order valence-electron chi connectivity index (χ3n) is 6.10. The van der Waals surface area contributed by atoms with Crippen LogP contribution in [0.3, 0.4) is 0 Å². The number of alkyl halides is 3. The molecule has 2 heterocycles. The molecule has 2 aromatic carbocycles. The van der Waals surface area contributed by atoms with Gasteiger partial charge < -0.3 is 14.6 Å². The number of rotatable bonds is 5. The molecule has 1 saturated heterocycles. The maximum Gasteiger partial charge on any atom is 0.416 e. The van der Waals surface area contributed by atoms with E-state index in [0.717, 1.165) is 54.8 Å². The zero-order chi connectivity index (χ0) is 23.8. The highest BCUT2D eigenvalue weighted by Crippen LogP contribution is 2.36. The van der Waals surface area contributed by atoms with E-state index in [1.807, 2.05) is 25.7 Å². The lowest BCUT2D eigenvalue weighted by atomic mass is 9.97. The van der Waals surface area contributed by atoms with Crippen molar-refractivity contribution >= 4 is 17.3 Å². The van der Waals surface area contributed by atoms with Crippen LogP contribution >= 0.6 is 0 Å². The average Bonchev–Trinajstić information content (AvgIpc) is 3.42. The van der Waals surface area contributed by atoms with Gasteiger partial charge >= 0.3 is 6.18 Å². The van der Waals surface area contributed by atoms with E-state index in [1.54, 1.807) is 12.1 Å². The van der Waals surface area contributed by atoms with E-state index in [9.17, 15) is 18.0 Å². The van der Waals surface area contributed by atoms with Crippen LogP contribution in [-0.2, 0) is 12.6 Å². The first-order valence-corrected chi connectivity index (χ1v) is 11.0. The molecule has 0 spiro atoms. The number of hydrogen-bond acceptors (Lipinski definition) is 3. The molecule has 1 aliphatic heterocycles. The molecule has 0 saturated carbocycles. The molecule has 1 aliphatic rings. The molecule has 3 aromatic rings. The second kappa shape index (κ2) is 8.96. The van der Waals surface area contributed by atoms with Gasteiger partial charge in [0, 0.05) is 19.5 Å². The highest BCUT2D eigenvalue weighted by molar-refractivity contribution is 6.04. The molecule has 1 fully saturated rings. The molecule has 0 unspecified atom stereocenters. The monoisotopic (exact) mass is 456 g/mol. The van der Waals surface area contributed by atoms with E-state index >= 15 is 0 Å². The summed E-state index contributed by atoms with van der Waals surface area (Å²) in [5, 5.41) is 2.65. The number of amides is 1. The van der Waals surface area contributed by atoms with Gasteiger partial charge in [0.2, 0.25) is 0 Å². The highest BCUT2D eigenvalue weighted by atomic mass is 19.4. The maximum absolute atomic E-state index is 13.3.